The van der Waals surface area contributed by atoms with Gasteiger partial charge in [0.25, 0.3) is 0 Å². The van der Waals surface area contributed by atoms with Crippen molar-refractivity contribution in [1.82, 2.24) is 5.32 Å². The summed E-state index contributed by atoms with van der Waals surface area (Å²) in [6, 6.07) is 14.9. The van der Waals surface area contributed by atoms with Gasteiger partial charge in [-0.2, -0.15) is 5.26 Å². The van der Waals surface area contributed by atoms with Gasteiger partial charge in [-0.05, 0) is 49.1 Å². The van der Waals surface area contributed by atoms with Gasteiger partial charge in [0.2, 0.25) is 0 Å². The third-order valence-corrected chi connectivity index (χ3v) is 5.44. The molecule has 4 nitrogen and oxygen atoms in total. The van der Waals surface area contributed by atoms with Crippen LogP contribution in [0.15, 0.2) is 48.5 Å². The van der Waals surface area contributed by atoms with Crippen LogP contribution in [0.3, 0.4) is 0 Å². The lowest BCUT2D eigenvalue weighted by Gasteiger charge is -2.40. The number of carbonyl (C=O) groups excluding carboxylic acids is 1. The van der Waals surface area contributed by atoms with Crippen molar-refractivity contribution in [2.75, 3.05) is 7.11 Å². The Balaban J connectivity index is 2.07. The normalized spacial score (nSPS) is 16.1. The number of ketones is 1. The summed E-state index contributed by atoms with van der Waals surface area (Å²) in [5.41, 5.74) is 3.94. The molecule has 0 fully saturated rings. The summed E-state index contributed by atoms with van der Waals surface area (Å²) in [5, 5.41) is 12.7. The molecule has 138 valence electrons. The summed E-state index contributed by atoms with van der Waals surface area (Å²) < 4.78 is 5.38. The fourth-order valence-corrected chi connectivity index (χ4v) is 3.60. The van der Waals surface area contributed by atoms with Gasteiger partial charge in [-0.3, -0.25) is 4.79 Å². The third kappa shape index (κ3) is 3.73. The summed E-state index contributed by atoms with van der Waals surface area (Å²) in [4.78, 5) is 12.9. The molecule has 0 unspecified atom stereocenters. The van der Waals surface area contributed by atoms with E-state index in [9.17, 15) is 4.79 Å². The second-order valence-electron chi connectivity index (χ2n) is 6.93. The van der Waals surface area contributed by atoms with Crippen molar-refractivity contribution < 1.29 is 9.53 Å². The first-order valence-electron chi connectivity index (χ1n) is 9.26. The van der Waals surface area contributed by atoms with Crippen molar-refractivity contribution >= 4 is 11.5 Å². The summed E-state index contributed by atoms with van der Waals surface area (Å²) in [6.07, 6.45) is 4.48. The van der Waals surface area contributed by atoms with Gasteiger partial charge in [-0.1, -0.05) is 32.0 Å². The van der Waals surface area contributed by atoms with Crippen LogP contribution >= 0.6 is 0 Å². The highest BCUT2D eigenvalue weighted by atomic mass is 16.5. The second kappa shape index (κ2) is 7.67. The predicted molar refractivity (Wildman–Crippen MR) is 107 cm³/mol. The van der Waals surface area contributed by atoms with Crippen molar-refractivity contribution in [3.63, 3.8) is 0 Å². The van der Waals surface area contributed by atoms with Gasteiger partial charge in [0.15, 0.2) is 5.78 Å². The molecule has 0 saturated heterocycles. The van der Waals surface area contributed by atoms with Crippen LogP contribution in [-0.4, -0.2) is 18.4 Å². The molecule has 1 aliphatic rings. The number of nitrogens with one attached hydrogen (secondary N) is 1. The lowest BCUT2D eigenvalue weighted by molar-refractivity contribution is 0.104. The molecule has 0 bridgehead atoms. The van der Waals surface area contributed by atoms with E-state index in [1.165, 1.54) is 5.56 Å². The Hall–Kier alpha value is -3.06. The van der Waals surface area contributed by atoms with E-state index in [4.69, 9.17) is 10.00 Å². The Morgan fingerprint density at radius 2 is 2.04 bits per heavy atom. The minimum atomic E-state index is -0.119. The van der Waals surface area contributed by atoms with Gasteiger partial charge < -0.3 is 10.1 Å². The van der Waals surface area contributed by atoms with Crippen LogP contribution in [0.4, 0.5) is 0 Å². The Kier molecular flexibility index (Phi) is 5.32. The van der Waals surface area contributed by atoms with E-state index in [-0.39, 0.29) is 11.3 Å². The summed E-state index contributed by atoms with van der Waals surface area (Å²) >= 11 is 0. The highest BCUT2D eigenvalue weighted by molar-refractivity contribution is 6.08. The van der Waals surface area contributed by atoms with Crippen LogP contribution in [0.25, 0.3) is 5.70 Å². The molecule has 1 heterocycles. The largest absolute Gasteiger partial charge is 0.497 e. The van der Waals surface area contributed by atoms with Crippen LogP contribution in [-0.2, 0) is 6.42 Å². The number of carbonyl (C=O) groups is 1. The van der Waals surface area contributed by atoms with Gasteiger partial charge >= 0.3 is 0 Å². The maximum atomic E-state index is 12.9. The lowest BCUT2D eigenvalue weighted by atomic mass is 9.79. The molecule has 0 saturated carbocycles. The van der Waals surface area contributed by atoms with Crippen LogP contribution in [0.2, 0.25) is 0 Å². The topological polar surface area (TPSA) is 62.1 Å². The molecule has 1 N–H and O–H groups in total. The van der Waals surface area contributed by atoms with Crippen LogP contribution < -0.4 is 10.1 Å². The Labute approximate surface area is 160 Å². The smallest absolute Gasteiger partial charge is 0.187 e. The first kappa shape index (κ1) is 18.7. The van der Waals surface area contributed by atoms with Gasteiger partial charge in [0.05, 0.1) is 18.7 Å². The van der Waals surface area contributed by atoms with Crippen LogP contribution in [0, 0.1) is 11.3 Å². The molecule has 2 aromatic rings. The Bertz CT molecular complexity index is 934. The van der Waals surface area contributed by atoms with Crippen molar-refractivity contribution in [3.8, 4) is 11.8 Å². The predicted octanol–water partition coefficient (Wildman–Crippen LogP) is 4.50. The number of fused-ring (bicyclic) bond motifs is 1. The van der Waals surface area contributed by atoms with E-state index in [1.54, 1.807) is 37.5 Å². The molecule has 0 aliphatic carbocycles. The average Bonchev–Trinajstić information content (AvgIpc) is 2.73. The number of methoxy groups -OCH3 is 1. The monoisotopic (exact) mass is 360 g/mol. The molecule has 1 aliphatic heterocycles. The standard InChI is InChI=1S/C23H24N2O2/c1-4-23(5-2)14-18-9-10-19(27-3)12-20(18)21(25-23)13-22(26)17-8-6-7-16(11-17)15-24/h6-13,25H,4-5,14H2,1-3H3. The van der Waals surface area contributed by atoms with Gasteiger partial charge in [-0.15, -0.1) is 0 Å². The zero-order valence-corrected chi connectivity index (χ0v) is 16.0. The molecule has 2 aromatic carbocycles. The highest BCUT2D eigenvalue weighted by Crippen LogP contribution is 2.35. The molecule has 0 radical (unpaired) electrons. The number of allylic oxidation sites excluding steroid dienone is 1. The van der Waals surface area contributed by atoms with Crippen molar-refractivity contribution in [2.45, 2.75) is 38.6 Å². The maximum Gasteiger partial charge on any atom is 0.187 e. The number of rotatable bonds is 5. The number of nitriles is 1. The number of hydrogen-bond donors (Lipinski definition) is 1. The van der Waals surface area contributed by atoms with E-state index in [1.807, 2.05) is 12.1 Å². The number of nitrogens with zero attached hydrogens (tertiary/aromatic N) is 1. The minimum Gasteiger partial charge on any atom is -0.497 e. The summed E-state index contributed by atoms with van der Waals surface area (Å²) in [5.74, 6) is 0.646. The minimum absolute atomic E-state index is 0.0673. The van der Waals surface area contributed by atoms with E-state index in [0.29, 0.717) is 11.1 Å². The van der Waals surface area contributed by atoms with E-state index < -0.39 is 0 Å². The zero-order chi connectivity index (χ0) is 19.4. The second-order valence-corrected chi connectivity index (χ2v) is 6.93. The molecule has 0 spiro atoms. The summed E-state index contributed by atoms with van der Waals surface area (Å²) in [6.45, 7) is 4.34. The molecule has 0 amide bonds. The van der Waals surface area contributed by atoms with Gasteiger partial charge in [-0.25, -0.2) is 0 Å². The van der Waals surface area contributed by atoms with E-state index >= 15 is 0 Å². The molecule has 4 heteroatoms. The quantitative estimate of drug-likeness (QED) is 0.630. The molecule has 3 rings (SSSR count). The first-order valence-corrected chi connectivity index (χ1v) is 9.26. The van der Waals surface area contributed by atoms with Crippen molar-refractivity contribution in [3.05, 3.63) is 70.8 Å². The van der Waals surface area contributed by atoms with Crippen LogP contribution in [0.5, 0.6) is 5.75 Å². The highest BCUT2D eigenvalue weighted by Gasteiger charge is 2.33. The molecular formula is C23H24N2O2. The number of ether oxygens (including phenoxy) is 1. The van der Waals surface area contributed by atoms with Gasteiger partial charge in [0.1, 0.15) is 5.75 Å². The van der Waals surface area contributed by atoms with Crippen molar-refractivity contribution in [1.29, 1.82) is 5.26 Å². The summed E-state index contributed by atoms with van der Waals surface area (Å²) in [7, 11) is 1.64. The van der Waals surface area contributed by atoms with E-state index in [2.05, 4.69) is 31.3 Å². The zero-order valence-electron chi connectivity index (χ0n) is 16.0. The SMILES string of the molecule is CCC1(CC)Cc2ccc(OC)cc2C(=CC(=O)c2cccc(C#N)c2)N1. The average molecular weight is 360 g/mol. The third-order valence-electron chi connectivity index (χ3n) is 5.44. The Morgan fingerprint density at radius 3 is 2.70 bits per heavy atom. The lowest BCUT2D eigenvalue weighted by Crippen LogP contribution is -2.48. The number of hydrogen-bond acceptors (Lipinski definition) is 4. The number of benzene rings is 2. The first-order chi connectivity index (χ1) is 13.0. The molecular weight excluding hydrogens is 336 g/mol. The van der Waals surface area contributed by atoms with Crippen molar-refractivity contribution in [2.24, 2.45) is 0 Å². The Morgan fingerprint density at radius 1 is 1.26 bits per heavy atom. The van der Waals surface area contributed by atoms with Gasteiger partial charge in [0, 0.05) is 28.4 Å². The fraction of sp³-hybridized carbons (Fsp3) is 0.304. The molecule has 0 atom stereocenters. The van der Waals surface area contributed by atoms with E-state index in [0.717, 1.165) is 36.3 Å². The molecule has 0 aromatic heterocycles. The molecule has 27 heavy (non-hydrogen) atoms. The maximum absolute atomic E-state index is 12.9. The van der Waals surface area contributed by atoms with Crippen LogP contribution in [0.1, 0.15) is 53.7 Å². The fourth-order valence-electron chi connectivity index (χ4n) is 3.60.